The second-order valence-electron chi connectivity index (χ2n) is 11.5. The molecule has 0 amide bonds. The molecule has 0 saturated heterocycles. The second kappa shape index (κ2) is 15.7. The van der Waals surface area contributed by atoms with E-state index in [1.807, 2.05) is 0 Å². The molecule has 0 radical (unpaired) electrons. The van der Waals surface area contributed by atoms with E-state index in [9.17, 15) is 31.0 Å². The van der Waals surface area contributed by atoms with Crippen LogP contribution in [0.2, 0.25) is 0 Å². The van der Waals surface area contributed by atoms with E-state index >= 15 is 0 Å². The predicted molar refractivity (Wildman–Crippen MR) is 203 cm³/mol. The van der Waals surface area contributed by atoms with Gasteiger partial charge in [0.25, 0.3) is 20.2 Å². The number of nitrogen functional groups attached to an aromatic ring is 1. The molecule has 55 heavy (non-hydrogen) atoms. The molecule has 6 aromatic rings. The standard InChI is InChI=1S/C35H29N11O7S2/c36-31-29-20(16-24(18-27(29)47)54(48,49)50)17-28(55(51,52)53)33(31)45-42-25-19-26(43-39-21-10-4-1-5-11-21)32(44-40-22-12-6-2-7-13-22)34(30(25)35(37)38)46-41-23-14-8-3-9-15-23/h1-19,35,47H,36-38H2,(H,48,49,50)(H,51,52,53). The van der Waals surface area contributed by atoms with Crippen LogP contribution in [0.3, 0.4) is 0 Å². The maximum atomic E-state index is 12.6. The lowest BCUT2D eigenvalue weighted by Gasteiger charge is -2.16. The zero-order valence-corrected chi connectivity index (χ0v) is 29.8. The van der Waals surface area contributed by atoms with Gasteiger partial charge in [0.05, 0.1) is 39.5 Å². The predicted octanol–water partition coefficient (Wildman–Crippen LogP) is 9.20. The fourth-order valence-electron chi connectivity index (χ4n) is 5.19. The average Bonchev–Trinajstić information content (AvgIpc) is 3.15. The molecular formula is C35H29N11O7S2. The lowest BCUT2D eigenvalue weighted by Crippen LogP contribution is -2.20. The number of nitrogens with two attached hydrogens (primary N) is 3. The van der Waals surface area contributed by atoms with Crippen molar-refractivity contribution < 1.29 is 31.0 Å². The molecule has 0 heterocycles. The van der Waals surface area contributed by atoms with E-state index in [0.717, 1.165) is 12.1 Å². The van der Waals surface area contributed by atoms with Crippen molar-refractivity contribution in [1.82, 2.24) is 0 Å². The minimum Gasteiger partial charge on any atom is -0.507 e. The number of phenols is 1. The van der Waals surface area contributed by atoms with Gasteiger partial charge in [-0.3, -0.25) is 9.11 Å². The van der Waals surface area contributed by atoms with Crippen molar-refractivity contribution in [1.29, 1.82) is 0 Å². The van der Waals surface area contributed by atoms with Gasteiger partial charge in [0, 0.05) is 17.0 Å². The molecule has 0 fully saturated rings. The van der Waals surface area contributed by atoms with E-state index in [0.29, 0.717) is 23.1 Å². The lowest BCUT2D eigenvalue weighted by atomic mass is 10.1. The van der Waals surface area contributed by atoms with Crippen molar-refractivity contribution in [2.75, 3.05) is 5.73 Å². The third-order valence-electron chi connectivity index (χ3n) is 7.68. The smallest absolute Gasteiger partial charge is 0.296 e. The van der Waals surface area contributed by atoms with Gasteiger partial charge in [-0.05, 0) is 60.0 Å². The molecule has 20 heteroatoms. The van der Waals surface area contributed by atoms with Crippen LogP contribution in [0, 0.1) is 0 Å². The van der Waals surface area contributed by atoms with Crippen molar-refractivity contribution in [2.45, 2.75) is 16.0 Å². The summed E-state index contributed by atoms with van der Waals surface area (Å²) in [6, 6.07) is 29.8. The fraction of sp³-hybridized carbons (Fsp3) is 0.0286. The average molecular weight is 780 g/mol. The summed E-state index contributed by atoms with van der Waals surface area (Å²) in [6.07, 6.45) is -1.36. The van der Waals surface area contributed by atoms with E-state index in [2.05, 4.69) is 40.9 Å². The van der Waals surface area contributed by atoms with Gasteiger partial charge in [-0.1, -0.05) is 54.6 Å². The van der Waals surface area contributed by atoms with Crippen molar-refractivity contribution in [2.24, 2.45) is 52.4 Å². The molecule has 9 N–H and O–H groups in total. The normalized spacial score (nSPS) is 12.7. The van der Waals surface area contributed by atoms with Gasteiger partial charge in [-0.2, -0.15) is 32.2 Å². The van der Waals surface area contributed by atoms with E-state index in [4.69, 9.17) is 17.2 Å². The Kier molecular flexibility index (Phi) is 10.9. The number of fused-ring (bicyclic) bond motifs is 1. The molecule has 0 aromatic heterocycles. The maximum absolute atomic E-state index is 12.6. The third-order valence-corrected chi connectivity index (χ3v) is 9.38. The Labute approximate surface area is 313 Å². The van der Waals surface area contributed by atoms with Crippen LogP contribution in [0.4, 0.5) is 51.2 Å². The first-order valence-electron chi connectivity index (χ1n) is 15.8. The highest BCUT2D eigenvalue weighted by molar-refractivity contribution is 7.86. The van der Waals surface area contributed by atoms with Gasteiger partial charge in [0.2, 0.25) is 0 Å². The SMILES string of the molecule is Nc1c(N=Nc2cc(N=Nc3ccccc3)c(N=Nc3ccccc3)c(N=Nc3ccccc3)c2C(N)N)c(S(=O)(=O)O)cc2cc(S(=O)(=O)O)cc(O)c12. The monoisotopic (exact) mass is 779 g/mol. The Hall–Kier alpha value is -6.68. The minimum absolute atomic E-state index is 0.0146. The highest BCUT2D eigenvalue weighted by atomic mass is 32.2. The molecule has 0 atom stereocenters. The molecule has 0 spiro atoms. The molecule has 0 aliphatic rings. The summed E-state index contributed by atoms with van der Waals surface area (Å²) in [4.78, 5) is -1.69. The third kappa shape index (κ3) is 8.76. The number of nitrogens with zero attached hydrogens (tertiary/aromatic N) is 8. The summed E-state index contributed by atoms with van der Waals surface area (Å²) in [6.45, 7) is 0. The number of phenolic OH excluding ortho intramolecular Hbond substituents is 1. The van der Waals surface area contributed by atoms with Crippen molar-refractivity contribution in [3.8, 4) is 5.75 Å². The summed E-state index contributed by atoms with van der Waals surface area (Å²) < 4.78 is 68.6. The molecule has 0 bridgehead atoms. The Morgan fingerprint density at radius 3 is 1.49 bits per heavy atom. The topological polar surface area (TPSA) is 306 Å². The highest BCUT2D eigenvalue weighted by Gasteiger charge is 2.26. The van der Waals surface area contributed by atoms with Crippen molar-refractivity contribution in [3.63, 3.8) is 0 Å². The van der Waals surface area contributed by atoms with Gasteiger partial charge < -0.3 is 22.3 Å². The van der Waals surface area contributed by atoms with Crippen molar-refractivity contribution in [3.05, 3.63) is 121 Å². The number of hydrogen-bond acceptors (Lipinski definition) is 16. The molecule has 6 rings (SSSR count). The second-order valence-corrected chi connectivity index (χ2v) is 14.3. The van der Waals surface area contributed by atoms with Gasteiger partial charge >= 0.3 is 0 Å². The van der Waals surface area contributed by atoms with E-state index in [-0.39, 0.29) is 39.1 Å². The van der Waals surface area contributed by atoms with Gasteiger partial charge in [-0.15, -0.1) is 25.6 Å². The van der Waals surface area contributed by atoms with Crippen LogP contribution in [0.1, 0.15) is 11.7 Å². The number of rotatable bonds is 11. The Morgan fingerprint density at radius 1 is 0.527 bits per heavy atom. The summed E-state index contributed by atoms with van der Waals surface area (Å²) >= 11 is 0. The van der Waals surface area contributed by atoms with Crippen LogP contribution in [0.25, 0.3) is 10.8 Å². The molecule has 0 unspecified atom stereocenters. The number of aromatic hydroxyl groups is 1. The number of azo groups is 4. The summed E-state index contributed by atoms with van der Waals surface area (Å²) in [7, 11) is -10.00. The Balaban J connectivity index is 1.64. The fourth-order valence-corrected chi connectivity index (χ4v) is 6.39. The molecule has 18 nitrogen and oxygen atoms in total. The number of hydrogen-bond donors (Lipinski definition) is 6. The van der Waals surface area contributed by atoms with E-state index in [1.54, 1.807) is 91.0 Å². The number of anilines is 1. The molecular weight excluding hydrogens is 751 g/mol. The van der Waals surface area contributed by atoms with Crippen LogP contribution >= 0.6 is 0 Å². The minimum atomic E-state index is -5.15. The Morgan fingerprint density at radius 2 is 1.00 bits per heavy atom. The van der Waals surface area contributed by atoms with Crippen LogP contribution < -0.4 is 17.2 Å². The van der Waals surface area contributed by atoms with Crippen LogP contribution in [-0.2, 0) is 20.2 Å². The quantitative estimate of drug-likeness (QED) is 0.0313. The van der Waals surface area contributed by atoms with E-state index in [1.165, 1.54) is 6.07 Å². The molecule has 278 valence electrons. The summed E-state index contributed by atoms with van der Waals surface area (Å²) in [5.74, 6) is -0.758. The van der Waals surface area contributed by atoms with Crippen LogP contribution in [0.15, 0.2) is 166 Å². The lowest BCUT2D eigenvalue weighted by molar-refractivity contribution is 0.471. The first kappa shape index (κ1) is 38.1. The molecule has 0 saturated carbocycles. The molecule has 6 aromatic carbocycles. The Bertz CT molecular complexity index is 2750. The van der Waals surface area contributed by atoms with Crippen molar-refractivity contribution >= 4 is 82.2 Å². The number of benzene rings is 6. The van der Waals surface area contributed by atoms with Gasteiger partial charge in [0.1, 0.15) is 33.4 Å². The van der Waals surface area contributed by atoms with Crippen LogP contribution in [-0.4, -0.2) is 31.0 Å². The zero-order valence-electron chi connectivity index (χ0n) is 28.1. The highest BCUT2D eigenvalue weighted by Crippen LogP contribution is 2.50. The molecule has 0 aliphatic carbocycles. The van der Waals surface area contributed by atoms with Gasteiger partial charge in [-0.25, -0.2) is 0 Å². The first-order valence-corrected chi connectivity index (χ1v) is 18.7. The zero-order chi connectivity index (χ0) is 39.3. The van der Waals surface area contributed by atoms with Gasteiger partial charge in [0.15, 0.2) is 0 Å². The van der Waals surface area contributed by atoms with E-state index < -0.39 is 53.3 Å². The molecule has 0 aliphatic heterocycles. The van der Waals surface area contributed by atoms with Crippen LogP contribution in [0.5, 0.6) is 5.75 Å². The summed E-state index contributed by atoms with van der Waals surface area (Å²) in [5, 5.41) is 44.7. The largest absolute Gasteiger partial charge is 0.507 e. The summed E-state index contributed by atoms with van der Waals surface area (Å²) in [5.41, 5.74) is 18.9. The first-order chi connectivity index (χ1) is 26.2. The maximum Gasteiger partial charge on any atom is 0.296 e.